The van der Waals surface area contributed by atoms with Crippen molar-refractivity contribution in [3.05, 3.63) is 59.7 Å². The predicted molar refractivity (Wildman–Crippen MR) is 114 cm³/mol. The standard InChI is InChI=1S/C19H24N2O6S3/c1-16-8-9-18(28(2,22)23)14-19(16)30(26,27)21-12-10-20(11-13-21)29(24,25)15-17-6-4-3-5-7-17/h3-9,14H,10-13,15H2,1-2H3. The van der Waals surface area contributed by atoms with Crippen LogP contribution >= 0.6 is 0 Å². The molecule has 0 amide bonds. The fourth-order valence-corrected chi connectivity index (χ4v) is 7.20. The molecule has 30 heavy (non-hydrogen) atoms. The molecule has 1 heterocycles. The molecule has 0 spiro atoms. The van der Waals surface area contributed by atoms with Gasteiger partial charge in [-0.05, 0) is 30.2 Å². The van der Waals surface area contributed by atoms with Gasteiger partial charge in [-0.1, -0.05) is 36.4 Å². The predicted octanol–water partition coefficient (Wildman–Crippen LogP) is 1.23. The zero-order valence-corrected chi connectivity index (χ0v) is 19.2. The van der Waals surface area contributed by atoms with Crippen molar-refractivity contribution in [2.24, 2.45) is 0 Å². The van der Waals surface area contributed by atoms with Crippen LogP contribution in [-0.4, -0.2) is 66.3 Å². The van der Waals surface area contributed by atoms with Gasteiger partial charge in [-0.2, -0.15) is 8.61 Å². The summed E-state index contributed by atoms with van der Waals surface area (Å²) in [6, 6.07) is 12.8. The zero-order chi connectivity index (χ0) is 22.2. The number of aryl methyl sites for hydroxylation is 1. The molecule has 0 atom stereocenters. The smallest absolute Gasteiger partial charge is 0.224 e. The molecule has 0 bridgehead atoms. The lowest BCUT2D eigenvalue weighted by Gasteiger charge is -2.33. The van der Waals surface area contributed by atoms with Crippen LogP contribution in [0.3, 0.4) is 0 Å². The average Bonchev–Trinajstić information content (AvgIpc) is 2.68. The maximum Gasteiger partial charge on any atom is 0.243 e. The topological polar surface area (TPSA) is 109 Å². The number of sulfone groups is 1. The summed E-state index contributed by atoms with van der Waals surface area (Å²) in [6.45, 7) is 1.68. The van der Waals surface area contributed by atoms with E-state index in [1.54, 1.807) is 37.3 Å². The van der Waals surface area contributed by atoms with Gasteiger partial charge in [-0.25, -0.2) is 25.3 Å². The Morgan fingerprint density at radius 3 is 1.93 bits per heavy atom. The molecular weight excluding hydrogens is 448 g/mol. The van der Waals surface area contributed by atoms with Gasteiger partial charge in [0.2, 0.25) is 20.0 Å². The number of hydrogen-bond acceptors (Lipinski definition) is 6. The van der Waals surface area contributed by atoms with Gasteiger partial charge in [-0.15, -0.1) is 0 Å². The molecule has 11 heteroatoms. The van der Waals surface area contributed by atoms with Gasteiger partial charge >= 0.3 is 0 Å². The molecular formula is C19H24N2O6S3. The van der Waals surface area contributed by atoms with Crippen molar-refractivity contribution in [1.29, 1.82) is 0 Å². The van der Waals surface area contributed by atoms with Crippen LogP contribution in [0, 0.1) is 6.92 Å². The summed E-state index contributed by atoms with van der Waals surface area (Å²) in [5.74, 6) is -0.143. The van der Waals surface area contributed by atoms with Gasteiger partial charge in [0.25, 0.3) is 0 Å². The molecule has 8 nitrogen and oxygen atoms in total. The van der Waals surface area contributed by atoms with E-state index in [0.717, 1.165) is 6.26 Å². The highest BCUT2D eigenvalue weighted by atomic mass is 32.2. The largest absolute Gasteiger partial charge is 0.243 e. The summed E-state index contributed by atoms with van der Waals surface area (Å²) in [6.07, 6.45) is 1.02. The normalized spacial score (nSPS) is 17.1. The van der Waals surface area contributed by atoms with Crippen molar-refractivity contribution in [3.8, 4) is 0 Å². The van der Waals surface area contributed by atoms with Crippen molar-refractivity contribution < 1.29 is 25.3 Å². The third-order valence-electron chi connectivity index (χ3n) is 4.99. The molecule has 2 aromatic carbocycles. The van der Waals surface area contributed by atoms with E-state index in [-0.39, 0.29) is 41.7 Å². The molecule has 1 fully saturated rings. The van der Waals surface area contributed by atoms with Crippen molar-refractivity contribution >= 4 is 29.9 Å². The van der Waals surface area contributed by atoms with Crippen LogP contribution in [0.1, 0.15) is 11.1 Å². The second kappa shape index (κ2) is 8.39. The highest BCUT2D eigenvalue weighted by Gasteiger charge is 2.34. The van der Waals surface area contributed by atoms with E-state index in [2.05, 4.69) is 0 Å². The Hall–Kier alpha value is -1.79. The lowest BCUT2D eigenvalue weighted by atomic mass is 10.2. The van der Waals surface area contributed by atoms with E-state index in [4.69, 9.17) is 0 Å². The highest BCUT2D eigenvalue weighted by Crippen LogP contribution is 2.25. The molecule has 0 radical (unpaired) electrons. The molecule has 1 aliphatic rings. The highest BCUT2D eigenvalue weighted by molar-refractivity contribution is 7.91. The molecule has 1 aliphatic heterocycles. The first-order chi connectivity index (χ1) is 13.9. The molecule has 0 aliphatic carbocycles. The maximum atomic E-state index is 13.1. The Kier molecular flexibility index (Phi) is 6.40. The van der Waals surface area contributed by atoms with Gasteiger partial charge in [0.05, 0.1) is 15.5 Å². The number of benzene rings is 2. The maximum absolute atomic E-state index is 13.1. The minimum Gasteiger partial charge on any atom is -0.224 e. The Morgan fingerprint density at radius 1 is 0.800 bits per heavy atom. The van der Waals surface area contributed by atoms with E-state index in [1.165, 1.54) is 26.8 Å². The zero-order valence-electron chi connectivity index (χ0n) is 16.7. The van der Waals surface area contributed by atoms with E-state index in [1.807, 2.05) is 0 Å². The fraction of sp³-hybridized carbons (Fsp3) is 0.368. The van der Waals surface area contributed by atoms with Crippen LogP contribution in [0.4, 0.5) is 0 Å². The first kappa shape index (κ1) is 22.9. The van der Waals surface area contributed by atoms with Crippen LogP contribution in [0.25, 0.3) is 0 Å². The quantitative estimate of drug-likeness (QED) is 0.626. The summed E-state index contributed by atoms with van der Waals surface area (Å²) in [7, 11) is -11.1. The van der Waals surface area contributed by atoms with Crippen LogP contribution in [0.15, 0.2) is 58.3 Å². The lowest BCUT2D eigenvalue weighted by Crippen LogP contribution is -2.50. The summed E-state index contributed by atoms with van der Waals surface area (Å²) < 4.78 is 77.7. The van der Waals surface area contributed by atoms with Gasteiger partial charge in [0, 0.05) is 32.4 Å². The van der Waals surface area contributed by atoms with Crippen LogP contribution < -0.4 is 0 Å². The Labute approximate surface area is 178 Å². The molecule has 0 N–H and O–H groups in total. The van der Waals surface area contributed by atoms with Gasteiger partial charge < -0.3 is 0 Å². The third kappa shape index (κ3) is 4.92. The molecule has 3 rings (SSSR count). The van der Waals surface area contributed by atoms with Crippen molar-refractivity contribution in [2.45, 2.75) is 22.5 Å². The minimum absolute atomic E-state index is 0.00110. The summed E-state index contributed by atoms with van der Waals surface area (Å²) in [4.78, 5) is -0.151. The van der Waals surface area contributed by atoms with Crippen LogP contribution in [0.5, 0.6) is 0 Å². The summed E-state index contributed by atoms with van der Waals surface area (Å²) in [5, 5.41) is 0. The third-order valence-corrected chi connectivity index (χ3v) is 9.99. The monoisotopic (exact) mass is 472 g/mol. The summed E-state index contributed by atoms with van der Waals surface area (Å²) >= 11 is 0. The fourth-order valence-electron chi connectivity index (χ4n) is 3.29. The molecule has 164 valence electrons. The minimum atomic E-state index is -3.96. The van der Waals surface area contributed by atoms with Gasteiger partial charge in [-0.3, -0.25) is 0 Å². The first-order valence-corrected chi connectivity index (χ1v) is 14.2. The number of hydrogen-bond donors (Lipinski definition) is 0. The molecule has 2 aromatic rings. The number of piperazine rings is 1. The van der Waals surface area contributed by atoms with Gasteiger partial charge in [0.15, 0.2) is 9.84 Å². The van der Waals surface area contributed by atoms with Crippen molar-refractivity contribution in [3.63, 3.8) is 0 Å². The van der Waals surface area contributed by atoms with Crippen LogP contribution in [-0.2, 0) is 35.6 Å². The SMILES string of the molecule is Cc1ccc(S(C)(=O)=O)cc1S(=O)(=O)N1CCN(S(=O)(=O)Cc2ccccc2)CC1. The average molecular weight is 473 g/mol. The van der Waals surface area contributed by atoms with Crippen LogP contribution in [0.2, 0.25) is 0 Å². The Bertz CT molecular complexity index is 1230. The van der Waals surface area contributed by atoms with E-state index in [0.29, 0.717) is 11.1 Å². The van der Waals surface area contributed by atoms with E-state index in [9.17, 15) is 25.3 Å². The van der Waals surface area contributed by atoms with Crippen molar-refractivity contribution in [1.82, 2.24) is 8.61 Å². The van der Waals surface area contributed by atoms with E-state index >= 15 is 0 Å². The molecule has 1 saturated heterocycles. The summed E-state index contributed by atoms with van der Waals surface area (Å²) in [5.41, 5.74) is 1.10. The lowest BCUT2D eigenvalue weighted by molar-refractivity contribution is 0.272. The number of sulfonamides is 2. The number of nitrogens with zero attached hydrogens (tertiary/aromatic N) is 2. The Balaban J connectivity index is 1.77. The molecule has 0 saturated carbocycles. The second-order valence-electron chi connectivity index (χ2n) is 7.24. The Morgan fingerprint density at radius 2 is 1.37 bits per heavy atom. The van der Waals surface area contributed by atoms with Gasteiger partial charge in [0.1, 0.15) is 0 Å². The van der Waals surface area contributed by atoms with E-state index < -0.39 is 29.9 Å². The second-order valence-corrected chi connectivity index (χ2v) is 13.1. The first-order valence-electron chi connectivity index (χ1n) is 9.24. The molecule has 0 unspecified atom stereocenters. The number of rotatable bonds is 6. The molecule has 0 aromatic heterocycles. The van der Waals surface area contributed by atoms with Crippen molar-refractivity contribution in [2.75, 3.05) is 32.4 Å².